The minimum absolute atomic E-state index is 0.0807. The minimum Gasteiger partial charge on any atom is -0.497 e. The van der Waals surface area contributed by atoms with E-state index in [9.17, 15) is 13.2 Å². The number of ether oxygens (including phenoxy) is 1. The Bertz CT molecular complexity index is 1130. The number of hydrogen-bond acceptors (Lipinski definition) is 8. The van der Waals surface area contributed by atoms with Crippen molar-refractivity contribution in [1.82, 2.24) is 10.2 Å². The molecule has 1 amide bonds. The molecule has 0 radical (unpaired) electrons. The summed E-state index contributed by atoms with van der Waals surface area (Å²) in [5.41, 5.74) is 0.312. The first-order valence-corrected chi connectivity index (χ1v) is 12.4. The highest BCUT2D eigenvalue weighted by Crippen LogP contribution is 2.29. The number of sulfonamides is 1. The van der Waals surface area contributed by atoms with Gasteiger partial charge in [0, 0.05) is 11.3 Å². The van der Waals surface area contributed by atoms with Crippen molar-refractivity contribution < 1.29 is 17.9 Å². The van der Waals surface area contributed by atoms with Gasteiger partial charge in [-0.2, -0.15) is 0 Å². The molecule has 0 aliphatic heterocycles. The van der Waals surface area contributed by atoms with E-state index in [0.29, 0.717) is 21.8 Å². The van der Waals surface area contributed by atoms with Crippen molar-refractivity contribution in [3.05, 3.63) is 54.6 Å². The Morgan fingerprint density at radius 2 is 1.90 bits per heavy atom. The standard InChI is InChI=1S/C20H22N4O4S3/c1-14(2)29-20-23-22-19(30-20)21-18(25)13-24(15-8-7-9-16(12-15)28-3)31(26,27)17-10-5-4-6-11-17/h4-12,14H,13H2,1-3H3,(H,21,22,25). The van der Waals surface area contributed by atoms with Crippen LogP contribution in [-0.4, -0.2) is 43.4 Å². The second kappa shape index (κ2) is 10.1. The molecule has 1 aromatic heterocycles. The summed E-state index contributed by atoms with van der Waals surface area (Å²) in [5, 5.41) is 11.3. The lowest BCUT2D eigenvalue weighted by Crippen LogP contribution is -2.38. The monoisotopic (exact) mass is 478 g/mol. The van der Waals surface area contributed by atoms with E-state index < -0.39 is 22.5 Å². The highest BCUT2D eigenvalue weighted by molar-refractivity contribution is 8.01. The maximum absolute atomic E-state index is 13.3. The molecular formula is C20H22N4O4S3. The van der Waals surface area contributed by atoms with Gasteiger partial charge in [-0.1, -0.05) is 61.2 Å². The van der Waals surface area contributed by atoms with E-state index in [1.54, 1.807) is 42.5 Å². The van der Waals surface area contributed by atoms with Crippen molar-refractivity contribution in [1.29, 1.82) is 0 Å². The van der Waals surface area contributed by atoms with Gasteiger partial charge in [-0.05, 0) is 24.3 Å². The summed E-state index contributed by atoms with van der Waals surface area (Å²) < 4.78 is 33.6. The number of aromatic nitrogens is 2. The Morgan fingerprint density at radius 3 is 2.58 bits per heavy atom. The first-order valence-electron chi connectivity index (χ1n) is 9.31. The predicted molar refractivity (Wildman–Crippen MR) is 123 cm³/mol. The third-order valence-corrected chi connectivity index (χ3v) is 7.66. The minimum atomic E-state index is -4.00. The van der Waals surface area contributed by atoms with Crippen LogP contribution in [0, 0.1) is 0 Å². The van der Waals surface area contributed by atoms with Crippen LogP contribution < -0.4 is 14.4 Å². The summed E-state index contributed by atoms with van der Waals surface area (Å²) in [6, 6.07) is 14.5. The number of carbonyl (C=O) groups excluding carboxylic acids is 1. The number of nitrogens with zero attached hydrogens (tertiary/aromatic N) is 3. The van der Waals surface area contributed by atoms with E-state index >= 15 is 0 Å². The molecule has 164 valence electrons. The van der Waals surface area contributed by atoms with Crippen LogP contribution in [0.5, 0.6) is 5.75 Å². The summed E-state index contributed by atoms with van der Waals surface area (Å²) in [6.07, 6.45) is 0. The first kappa shape index (κ1) is 23.0. The van der Waals surface area contributed by atoms with Crippen LogP contribution in [0.2, 0.25) is 0 Å². The quantitative estimate of drug-likeness (QED) is 0.368. The number of carbonyl (C=O) groups is 1. The van der Waals surface area contributed by atoms with Gasteiger partial charge in [0.1, 0.15) is 12.3 Å². The number of thioether (sulfide) groups is 1. The molecule has 0 saturated carbocycles. The molecular weight excluding hydrogens is 456 g/mol. The van der Waals surface area contributed by atoms with Crippen LogP contribution in [-0.2, 0) is 14.8 Å². The topological polar surface area (TPSA) is 101 Å². The maximum atomic E-state index is 13.3. The van der Waals surface area contributed by atoms with E-state index in [-0.39, 0.29) is 4.90 Å². The average Bonchev–Trinajstić information content (AvgIpc) is 3.18. The van der Waals surface area contributed by atoms with Crippen molar-refractivity contribution in [2.24, 2.45) is 0 Å². The van der Waals surface area contributed by atoms with Crippen LogP contribution in [0.4, 0.5) is 10.8 Å². The van der Waals surface area contributed by atoms with Crippen LogP contribution in [0.15, 0.2) is 63.8 Å². The van der Waals surface area contributed by atoms with Crippen LogP contribution in [0.3, 0.4) is 0 Å². The molecule has 0 aliphatic rings. The Kier molecular flexibility index (Phi) is 7.52. The summed E-state index contributed by atoms with van der Waals surface area (Å²) in [6.45, 7) is 3.63. The van der Waals surface area contributed by atoms with Crippen molar-refractivity contribution in [2.75, 3.05) is 23.3 Å². The number of nitrogens with one attached hydrogen (secondary N) is 1. The summed E-state index contributed by atoms with van der Waals surface area (Å²) in [5.74, 6) is -0.0507. The number of amides is 1. The number of benzene rings is 2. The lowest BCUT2D eigenvalue weighted by Gasteiger charge is -2.24. The average molecular weight is 479 g/mol. The molecule has 0 aliphatic carbocycles. The first-order chi connectivity index (χ1) is 14.8. The Morgan fingerprint density at radius 1 is 1.16 bits per heavy atom. The van der Waals surface area contributed by atoms with Crippen LogP contribution in [0.25, 0.3) is 0 Å². The van der Waals surface area contributed by atoms with Gasteiger partial charge in [0.2, 0.25) is 11.0 Å². The third kappa shape index (κ3) is 5.96. The molecule has 31 heavy (non-hydrogen) atoms. The normalized spacial score (nSPS) is 11.4. The lowest BCUT2D eigenvalue weighted by atomic mass is 10.3. The number of rotatable bonds is 9. The molecule has 1 heterocycles. The van der Waals surface area contributed by atoms with Crippen molar-refractivity contribution in [3.8, 4) is 5.75 Å². The molecule has 0 fully saturated rings. The SMILES string of the molecule is COc1cccc(N(CC(=O)Nc2nnc(SC(C)C)s2)S(=O)(=O)c2ccccc2)c1. The zero-order valence-corrected chi connectivity index (χ0v) is 19.6. The Hall–Kier alpha value is -2.63. The third-order valence-electron chi connectivity index (χ3n) is 3.95. The molecule has 0 bridgehead atoms. The van der Waals surface area contributed by atoms with Gasteiger partial charge in [-0.3, -0.25) is 14.4 Å². The molecule has 0 saturated heterocycles. The second-order valence-electron chi connectivity index (χ2n) is 6.61. The molecule has 2 aromatic carbocycles. The van der Waals surface area contributed by atoms with Gasteiger partial charge in [0.05, 0.1) is 17.7 Å². The Labute approximate surface area is 189 Å². The van der Waals surface area contributed by atoms with E-state index in [4.69, 9.17) is 4.74 Å². The van der Waals surface area contributed by atoms with Gasteiger partial charge in [0.25, 0.3) is 10.0 Å². The molecule has 0 spiro atoms. The molecule has 8 nitrogen and oxygen atoms in total. The highest BCUT2D eigenvalue weighted by atomic mass is 32.2. The fraction of sp³-hybridized carbons (Fsp3) is 0.250. The predicted octanol–water partition coefficient (Wildman–Crippen LogP) is 3.88. The van der Waals surface area contributed by atoms with Crippen LogP contribution >= 0.6 is 23.1 Å². The molecule has 0 atom stereocenters. The summed E-state index contributed by atoms with van der Waals surface area (Å²) >= 11 is 2.78. The van der Waals surface area contributed by atoms with E-state index in [0.717, 1.165) is 8.64 Å². The fourth-order valence-electron chi connectivity index (χ4n) is 2.60. The smallest absolute Gasteiger partial charge is 0.264 e. The largest absolute Gasteiger partial charge is 0.497 e. The van der Waals surface area contributed by atoms with E-state index in [1.807, 2.05) is 13.8 Å². The molecule has 3 rings (SSSR count). The fourth-order valence-corrected chi connectivity index (χ4v) is 6.02. The molecule has 1 N–H and O–H groups in total. The molecule has 3 aromatic rings. The zero-order chi connectivity index (χ0) is 22.4. The van der Waals surface area contributed by atoms with Gasteiger partial charge in [0.15, 0.2) is 4.34 Å². The van der Waals surface area contributed by atoms with Gasteiger partial charge >= 0.3 is 0 Å². The summed E-state index contributed by atoms with van der Waals surface area (Å²) in [7, 11) is -2.51. The van der Waals surface area contributed by atoms with Crippen molar-refractivity contribution in [2.45, 2.75) is 28.3 Å². The zero-order valence-electron chi connectivity index (χ0n) is 17.2. The number of methoxy groups -OCH3 is 1. The Balaban J connectivity index is 1.88. The van der Waals surface area contributed by atoms with Crippen LogP contribution in [0.1, 0.15) is 13.8 Å². The maximum Gasteiger partial charge on any atom is 0.264 e. The van der Waals surface area contributed by atoms with Gasteiger partial charge in [-0.15, -0.1) is 10.2 Å². The van der Waals surface area contributed by atoms with E-state index in [1.165, 1.54) is 42.3 Å². The van der Waals surface area contributed by atoms with Gasteiger partial charge in [-0.25, -0.2) is 8.42 Å². The van der Waals surface area contributed by atoms with Gasteiger partial charge < -0.3 is 4.74 Å². The van der Waals surface area contributed by atoms with Crippen molar-refractivity contribution in [3.63, 3.8) is 0 Å². The summed E-state index contributed by atoms with van der Waals surface area (Å²) in [4.78, 5) is 12.8. The molecule has 11 heteroatoms. The number of anilines is 2. The highest BCUT2D eigenvalue weighted by Gasteiger charge is 2.27. The van der Waals surface area contributed by atoms with Crippen molar-refractivity contribution >= 4 is 49.8 Å². The number of hydrogen-bond donors (Lipinski definition) is 1. The van der Waals surface area contributed by atoms with E-state index in [2.05, 4.69) is 15.5 Å². The second-order valence-corrected chi connectivity index (χ2v) is 11.3. The molecule has 0 unspecified atom stereocenters. The lowest BCUT2D eigenvalue weighted by molar-refractivity contribution is -0.114.